The van der Waals surface area contributed by atoms with E-state index in [9.17, 15) is 0 Å². The molecule has 4 heteroatoms. The van der Waals surface area contributed by atoms with Gasteiger partial charge in [-0.3, -0.25) is 4.68 Å². The zero-order chi connectivity index (χ0) is 11.1. The maximum atomic E-state index is 5.46. The van der Waals surface area contributed by atoms with Gasteiger partial charge in [-0.05, 0) is 26.5 Å². The number of hydrogen-bond donors (Lipinski definition) is 1. The van der Waals surface area contributed by atoms with Gasteiger partial charge in [-0.2, -0.15) is 5.10 Å². The molecule has 0 unspecified atom stereocenters. The van der Waals surface area contributed by atoms with Crippen molar-refractivity contribution >= 4 is 0 Å². The molecular weight excluding hydrogens is 190 g/mol. The van der Waals surface area contributed by atoms with Gasteiger partial charge in [-0.15, -0.1) is 0 Å². The summed E-state index contributed by atoms with van der Waals surface area (Å²) in [7, 11) is 0. The monoisotopic (exact) mass is 211 g/mol. The van der Waals surface area contributed by atoms with Crippen LogP contribution in [0.1, 0.15) is 26.5 Å². The first-order chi connectivity index (χ1) is 7.22. The van der Waals surface area contributed by atoms with Crippen LogP contribution in [-0.4, -0.2) is 29.0 Å². The second-order valence-corrected chi connectivity index (χ2v) is 3.77. The van der Waals surface area contributed by atoms with Gasteiger partial charge in [0.1, 0.15) is 0 Å². The molecule has 86 valence electrons. The average Bonchev–Trinajstić information content (AvgIpc) is 2.62. The predicted octanol–water partition coefficient (Wildman–Crippen LogP) is 1.42. The molecule has 0 fully saturated rings. The zero-order valence-corrected chi connectivity index (χ0v) is 9.86. The van der Waals surface area contributed by atoms with Crippen molar-refractivity contribution in [3.05, 3.63) is 18.0 Å². The number of rotatable bonds is 7. The largest absolute Gasteiger partial charge is 0.377 e. The van der Waals surface area contributed by atoms with Gasteiger partial charge < -0.3 is 10.1 Å². The van der Waals surface area contributed by atoms with Crippen LogP contribution in [0.2, 0.25) is 0 Å². The summed E-state index contributed by atoms with van der Waals surface area (Å²) in [4.78, 5) is 0. The molecule has 0 saturated carbocycles. The van der Waals surface area contributed by atoms with Gasteiger partial charge in [0.05, 0.1) is 24.9 Å². The Morgan fingerprint density at radius 1 is 1.53 bits per heavy atom. The summed E-state index contributed by atoms with van der Waals surface area (Å²) in [6, 6.07) is 2.04. The Hall–Kier alpha value is -0.870. The van der Waals surface area contributed by atoms with E-state index in [1.807, 2.05) is 30.8 Å². The minimum absolute atomic E-state index is 0.293. The molecule has 0 bridgehead atoms. The van der Waals surface area contributed by atoms with Crippen LogP contribution in [0.25, 0.3) is 0 Å². The summed E-state index contributed by atoms with van der Waals surface area (Å²) >= 11 is 0. The fraction of sp³-hybridized carbons (Fsp3) is 0.727. The Bertz CT molecular complexity index is 271. The highest BCUT2D eigenvalue weighted by Gasteiger charge is 1.98. The van der Waals surface area contributed by atoms with Crippen molar-refractivity contribution in [2.75, 3.05) is 13.2 Å². The van der Waals surface area contributed by atoms with Crippen LogP contribution in [0.5, 0.6) is 0 Å². The summed E-state index contributed by atoms with van der Waals surface area (Å²) in [5.41, 5.74) is 1.08. The first-order valence-electron chi connectivity index (χ1n) is 5.57. The molecule has 0 aliphatic carbocycles. The van der Waals surface area contributed by atoms with E-state index in [2.05, 4.69) is 17.3 Å². The number of hydrogen-bond acceptors (Lipinski definition) is 3. The quantitative estimate of drug-likeness (QED) is 0.741. The summed E-state index contributed by atoms with van der Waals surface area (Å²) in [5, 5.41) is 7.66. The van der Waals surface area contributed by atoms with Crippen molar-refractivity contribution in [3.8, 4) is 0 Å². The van der Waals surface area contributed by atoms with Crippen LogP contribution in [0, 0.1) is 0 Å². The van der Waals surface area contributed by atoms with Crippen molar-refractivity contribution in [3.63, 3.8) is 0 Å². The van der Waals surface area contributed by atoms with Gasteiger partial charge in [-0.1, -0.05) is 6.92 Å². The fourth-order valence-electron chi connectivity index (χ4n) is 1.26. The molecule has 0 saturated heterocycles. The van der Waals surface area contributed by atoms with E-state index in [0.717, 1.165) is 31.9 Å². The molecule has 1 rings (SSSR count). The molecular formula is C11H21N3O. The molecule has 1 aromatic rings. The number of ether oxygens (including phenoxy) is 1. The first-order valence-corrected chi connectivity index (χ1v) is 5.57. The average molecular weight is 211 g/mol. The van der Waals surface area contributed by atoms with Crippen LogP contribution in [0.4, 0.5) is 0 Å². The van der Waals surface area contributed by atoms with Crippen molar-refractivity contribution < 1.29 is 4.74 Å². The second kappa shape index (κ2) is 6.58. The lowest BCUT2D eigenvalue weighted by molar-refractivity contribution is 0.0709. The number of aromatic nitrogens is 2. The smallest absolute Gasteiger partial charge is 0.0762 e. The van der Waals surface area contributed by atoms with Gasteiger partial charge in [0.2, 0.25) is 0 Å². The van der Waals surface area contributed by atoms with Crippen molar-refractivity contribution in [2.45, 2.75) is 40.0 Å². The summed E-state index contributed by atoms with van der Waals surface area (Å²) < 4.78 is 7.39. The van der Waals surface area contributed by atoms with Gasteiger partial charge in [-0.25, -0.2) is 0 Å². The summed E-state index contributed by atoms with van der Waals surface area (Å²) in [5.74, 6) is 0. The molecule has 0 aliphatic heterocycles. The van der Waals surface area contributed by atoms with Crippen molar-refractivity contribution in [1.29, 1.82) is 0 Å². The minimum Gasteiger partial charge on any atom is -0.377 e. The lowest BCUT2D eigenvalue weighted by Gasteiger charge is -2.06. The lowest BCUT2D eigenvalue weighted by Crippen LogP contribution is -2.14. The third kappa shape index (κ3) is 4.95. The van der Waals surface area contributed by atoms with Crippen LogP contribution in [0.15, 0.2) is 12.3 Å². The molecule has 0 atom stereocenters. The van der Waals surface area contributed by atoms with E-state index in [4.69, 9.17) is 4.74 Å². The van der Waals surface area contributed by atoms with Crippen molar-refractivity contribution in [2.24, 2.45) is 0 Å². The molecule has 4 nitrogen and oxygen atoms in total. The summed E-state index contributed by atoms with van der Waals surface area (Å²) in [6.07, 6.45) is 2.29. The molecule has 0 aliphatic rings. The van der Waals surface area contributed by atoms with Gasteiger partial charge in [0.25, 0.3) is 0 Å². The molecule has 0 aromatic carbocycles. The maximum Gasteiger partial charge on any atom is 0.0762 e. The Morgan fingerprint density at radius 2 is 2.33 bits per heavy atom. The summed E-state index contributed by atoms with van der Waals surface area (Å²) in [6.45, 7) is 9.54. The molecule has 1 N–H and O–H groups in total. The van der Waals surface area contributed by atoms with Crippen LogP contribution in [0.3, 0.4) is 0 Å². The van der Waals surface area contributed by atoms with Crippen LogP contribution >= 0.6 is 0 Å². The minimum atomic E-state index is 0.293. The fourth-order valence-corrected chi connectivity index (χ4v) is 1.26. The predicted molar refractivity (Wildman–Crippen MR) is 60.7 cm³/mol. The molecule has 1 heterocycles. The second-order valence-electron chi connectivity index (χ2n) is 3.77. The van der Waals surface area contributed by atoms with Gasteiger partial charge >= 0.3 is 0 Å². The SMILES string of the molecule is CCNCc1ccn(CCOC(C)C)n1. The first kappa shape index (κ1) is 12.2. The van der Waals surface area contributed by atoms with Crippen molar-refractivity contribution in [1.82, 2.24) is 15.1 Å². The Labute approximate surface area is 91.6 Å². The highest BCUT2D eigenvalue weighted by molar-refractivity contribution is 4.98. The van der Waals surface area contributed by atoms with E-state index >= 15 is 0 Å². The van der Waals surface area contributed by atoms with Gasteiger partial charge in [0, 0.05) is 12.7 Å². The lowest BCUT2D eigenvalue weighted by atomic mass is 10.4. The third-order valence-electron chi connectivity index (χ3n) is 2.02. The normalized spacial score (nSPS) is 11.2. The molecule has 0 spiro atoms. The van der Waals surface area contributed by atoms with Gasteiger partial charge in [0.15, 0.2) is 0 Å². The van der Waals surface area contributed by atoms with E-state index in [1.54, 1.807) is 0 Å². The van der Waals surface area contributed by atoms with Crippen LogP contribution in [-0.2, 0) is 17.8 Å². The van der Waals surface area contributed by atoms with E-state index in [-0.39, 0.29) is 0 Å². The Balaban J connectivity index is 2.26. The highest BCUT2D eigenvalue weighted by atomic mass is 16.5. The van der Waals surface area contributed by atoms with E-state index in [1.165, 1.54) is 0 Å². The molecule has 1 aromatic heterocycles. The third-order valence-corrected chi connectivity index (χ3v) is 2.02. The van der Waals surface area contributed by atoms with E-state index in [0.29, 0.717) is 6.10 Å². The number of nitrogens with zero attached hydrogens (tertiary/aromatic N) is 2. The topological polar surface area (TPSA) is 39.1 Å². The highest BCUT2D eigenvalue weighted by Crippen LogP contribution is 1.96. The number of nitrogens with one attached hydrogen (secondary N) is 1. The van der Waals surface area contributed by atoms with Crippen LogP contribution < -0.4 is 5.32 Å². The maximum absolute atomic E-state index is 5.46. The standard InChI is InChI=1S/C11H21N3O/c1-4-12-9-11-5-6-14(13-11)7-8-15-10(2)3/h5-6,10,12H,4,7-9H2,1-3H3. The molecule has 0 radical (unpaired) electrons. The van der Waals surface area contributed by atoms with E-state index < -0.39 is 0 Å². The Kier molecular flexibility index (Phi) is 5.36. The molecule has 0 amide bonds. The Morgan fingerprint density at radius 3 is 3.00 bits per heavy atom. The molecule has 15 heavy (non-hydrogen) atoms. The zero-order valence-electron chi connectivity index (χ0n) is 9.86.